The number of nitrogen functional groups attached to an aromatic ring is 1. The molecule has 0 unspecified atom stereocenters. The van der Waals surface area contributed by atoms with Gasteiger partial charge in [0.1, 0.15) is 11.6 Å². The summed E-state index contributed by atoms with van der Waals surface area (Å²) >= 11 is 1.85. The summed E-state index contributed by atoms with van der Waals surface area (Å²) in [6.45, 7) is 4.29. The van der Waals surface area contributed by atoms with Gasteiger partial charge in [0.05, 0.1) is 5.69 Å². The van der Waals surface area contributed by atoms with Crippen LogP contribution in [0.2, 0.25) is 0 Å². The molecular formula is C15H18N4S. The quantitative estimate of drug-likeness (QED) is 0.671. The molecule has 2 aromatic rings. The minimum atomic E-state index is -0.241. The van der Waals surface area contributed by atoms with Crippen LogP contribution in [-0.2, 0) is 16.9 Å². The second-order valence-electron chi connectivity index (χ2n) is 5.45. The Kier molecular flexibility index (Phi) is 3.40. The van der Waals surface area contributed by atoms with E-state index in [0.29, 0.717) is 0 Å². The zero-order chi connectivity index (χ0) is 14.2. The number of fused-ring (bicyclic) bond motifs is 1. The Morgan fingerprint density at radius 2 is 1.90 bits per heavy atom. The van der Waals surface area contributed by atoms with Crippen molar-refractivity contribution in [2.45, 2.75) is 30.8 Å². The molecule has 104 valence electrons. The van der Waals surface area contributed by atoms with Gasteiger partial charge in [-0.3, -0.25) is 0 Å². The molecule has 1 aromatic heterocycles. The monoisotopic (exact) mass is 286 g/mol. The minimum absolute atomic E-state index is 0.241. The number of hydrogen-bond acceptors (Lipinski definition) is 5. The highest BCUT2D eigenvalue weighted by molar-refractivity contribution is 7.98. The van der Waals surface area contributed by atoms with E-state index in [2.05, 4.69) is 36.4 Å². The van der Waals surface area contributed by atoms with Crippen LogP contribution in [0, 0.1) is 0 Å². The van der Waals surface area contributed by atoms with E-state index in [1.165, 1.54) is 5.56 Å². The second-order valence-corrected chi connectivity index (χ2v) is 6.43. The highest BCUT2D eigenvalue weighted by atomic mass is 32.2. The van der Waals surface area contributed by atoms with Gasteiger partial charge in [0.2, 0.25) is 0 Å². The minimum Gasteiger partial charge on any atom is -0.308 e. The zero-order valence-electron chi connectivity index (χ0n) is 11.7. The fourth-order valence-electron chi connectivity index (χ4n) is 2.43. The van der Waals surface area contributed by atoms with Gasteiger partial charge in [-0.15, -0.1) is 0 Å². The highest BCUT2D eigenvalue weighted by Crippen LogP contribution is 2.36. The molecule has 0 saturated carbocycles. The normalized spacial score (nSPS) is 14.2. The van der Waals surface area contributed by atoms with Crippen molar-refractivity contribution in [3.63, 3.8) is 0 Å². The van der Waals surface area contributed by atoms with Gasteiger partial charge in [-0.2, -0.15) is 11.8 Å². The molecule has 1 aliphatic heterocycles. The molecular weight excluding hydrogens is 268 g/mol. The lowest BCUT2D eigenvalue weighted by Crippen LogP contribution is -2.25. The van der Waals surface area contributed by atoms with Crippen molar-refractivity contribution in [3.8, 4) is 0 Å². The van der Waals surface area contributed by atoms with Crippen LogP contribution in [0.15, 0.2) is 30.3 Å². The van der Waals surface area contributed by atoms with Crippen LogP contribution in [0.25, 0.3) is 0 Å². The van der Waals surface area contributed by atoms with Crippen LogP contribution in [0.4, 0.5) is 5.82 Å². The number of rotatable bonds is 3. The van der Waals surface area contributed by atoms with Crippen molar-refractivity contribution >= 4 is 17.6 Å². The van der Waals surface area contributed by atoms with Gasteiger partial charge in [-0.1, -0.05) is 30.3 Å². The van der Waals surface area contributed by atoms with Crippen LogP contribution >= 0.6 is 11.8 Å². The third-order valence-corrected chi connectivity index (χ3v) is 4.74. The lowest BCUT2D eigenvalue weighted by Gasteiger charge is -2.25. The fraction of sp³-hybridized carbons (Fsp3) is 0.333. The van der Waals surface area contributed by atoms with Gasteiger partial charge >= 0.3 is 0 Å². The summed E-state index contributed by atoms with van der Waals surface area (Å²) in [5.74, 6) is 9.07. The average molecular weight is 286 g/mol. The van der Waals surface area contributed by atoms with Crippen LogP contribution in [0.1, 0.15) is 36.5 Å². The van der Waals surface area contributed by atoms with E-state index in [0.717, 1.165) is 34.4 Å². The first kappa shape index (κ1) is 13.4. The molecule has 1 aliphatic rings. The molecule has 0 fully saturated rings. The number of nitrogens with zero attached hydrogens (tertiary/aromatic N) is 2. The predicted octanol–water partition coefficient (Wildman–Crippen LogP) is 2.83. The van der Waals surface area contributed by atoms with E-state index in [1.807, 2.05) is 30.0 Å². The maximum atomic E-state index is 5.62. The standard InChI is InChI=1S/C15H18N4S/c1-15(2,10-6-4-3-5-7-10)14-17-12-9-20-8-11(12)13(18-14)19-16/h3-7H,8-9,16H2,1-2H3,(H,17,18,19). The molecule has 3 N–H and O–H groups in total. The lowest BCUT2D eigenvalue weighted by molar-refractivity contribution is 0.587. The lowest BCUT2D eigenvalue weighted by atomic mass is 9.83. The number of hydrogen-bond donors (Lipinski definition) is 2. The molecule has 5 heteroatoms. The SMILES string of the molecule is CC(C)(c1ccccc1)c1nc2c(c(NN)n1)CSC2. The Bertz CT molecular complexity index is 625. The molecule has 3 rings (SSSR count). The molecule has 0 spiro atoms. The first-order valence-electron chi connectivity index (χ1n) is 6.63. The molecule has 0 saturated heterocycles. The summed E-state index contributed by atoms with van der Waals surface area (Å²) in [4.78, 5) is 9.43. The summed E-state index contributed by atoms with van der Waals surface area (Å²) in [7, 11) is 0. The number of hydrazine groups is 1. The van der Waals surface area contributed by atoms with Gasteiger partial charge in [0.15, 0.2) is 0 Å². The molecule has 1 aromatic carbocycles. The van der Waals surface area contributed by atoms with Crippen LogP contribution in [0.3, 0.4) is 0 Å². The molecule has 0 aliphatic carbocycles. The van der Waals surface area contributed by atoms with Gasteiger partial charge in [-0.05, 0) is 19.4 Å². The van der Waals surface area contributed by atoms with Crippen molar-refractivity contribution in [1.82, 2.24) is 9.97 Å². The third-order valence-electron chi connectivity index (χ3n) is 3.77. The first-order chi connectivity index (χ1) is 9.63. The average Bonchev–Trinajstić information content (AvgIpc) is 2.95. The van der Waals surface area contributed by atoms with Gasteiger partial charge < -0.3 is 5.43 Å². The second kappa shape index (κ2) is 5.07. The van der Waals surface area contributed by atoms with E-state index in [1.54, 1.807) is 0 Å². The van der Waals surface area contributed by atoms with Crippen molar-refractivity contribution in [3.05, 3.63) is 53.0 Å². The Morgan fingerprint density at radius 3 is 2.60 bits per heavy atom. The third kappa shape index (κ3) is 2.17. The molecule has 2 heterocycles. The highest BCUT2D eigenvalue weighted by Gasteiger charge is 2.29. The fourth-order valence-corrected chi connectivity index (χ4v) is 3.48. The maximum Gasteiger partial charge on any atom is 0.148 e. The Hall–Kier alpha value is -1.59. The van der Waals surface area contributed by atoms with Gasteiger partial charge in [0.25, 0.3) is 0 Å². The predicted molar refractivity (Wildman–Crippen MR) is 83.4 cm³/mol. The number of anilines is 1. The van der Waals surface area contributed by atoms with Crippen LogP contribution in [0.5, 0.6) is 0 Å². The van der Waals surface area contributed by atoms with Gasteiger partial charge in [0, 0.05) is 22.5 Å². The van der Waals surface area contributed by atoms with E-state index >= 15 is 0 Å². The summed E-state index contributed by atoms with van der Waals surface area (Å²) in [6.07, 6.45) is 0. The molecule has 0 amide bonds. The van der Waals surface area contributed by atoms with Crippen molar-refractivity contribution in [2.24, 2.45) is 5.84 Å². The number of nitrogens with two attached hydrogens (primary N) is 1. The topological polar surface area (TPSA) is 63.8 Å². The van der Waals surface area contributed by atoms with E-state index in [9.17, 15) is 0 Å². The van der Waals surface area contributed by atoms with Crippen molar-refractivity contribution < 1.29 is 0 Å². The number of thioether (sulfide) groups is 1. The smallest absolute Gasteiger partial charge is 0.148 e. The largest absolute Gasteiger partial charge is 0.308 e. The van der Waals surface area contributed by atoms with E-state index in [4.69, 9.17) is 10.8 Å². The number of benzene rings is 1. The Labute approximate surface area is 123 Å². The summed E-state index contributed by atoms with van der Waals surface area (Å²) in [5.41, 5.74) is 5.94. The Morgan fingerprint density at radius 1 is 1.15 bits per heavy atom. The van der Waals surface area contributed by atoms with Crippen molar-refractivity contribution in [1.29, 1.82) is 0 Å². The molecule has 0 radical (unpaired) electrons. The summed E-state index contributed by atoms with van der Waals surface area (Å²) in [6, 6.07) is 10.3. The van der Waals surface area contributed by atoms with E-state index < -0.39 is 0 Å². The Balaban J connectivity index is 2.10. The van der Waals surface area contributed by atoms with E-state index in [-0.39, 0.29) is 5.41 Å². The summed E-state index contributed by atoms with van der Waals surface area (Å²) < 4.78 is 0. The summed E-state index contributed by atoms with van der Waals surface area (Å²) in [5, 5.41) is 0. The molecule has 0 atom stereocenters. The first-order valence-corrected chi connectivity index (χ1v) is 7.78. The number of nitrogens with one attached hydrogen (secondary N) is 1. The van der Waals surface area contributed by atoms with Crippen LogP contribution in [-0.4, -0.2) is 9.97 Å². The molecule has 4 nitrogen and oxygen atoms in total. The van der Waals surface area contributed by atoms with Crippen molar-refractivity contribution in [2.75, 3.05) is 5.43 Å². The molecule has 0 bridgehead atoms. The maximum absolute atomic E-state index is 5.62. The van der Waals surface area contributed by atoms with Crippen LogP contribution < -0.4 is 11.3 Å². The number of aromatic nitrogens is 2. The molecule has 20 heavy (non-hydrogen) atoms. The zero-order valence-corrected chi connectivity index (χ0v) is 12.5. The van der Waals surface area contributed by atoms with Gasteiger partial charge in [-0.25, -0.2) is 15.8 Å².